The number of halogens is 2. The van der Waals surface area contributed by atoms with Crippen LogP contribution in [0.2, 0.25) is 10.0 Å². The van der Waals surface area contributed by atoms with Crippen molar-refractivity contribution in [1.29, 1.82) is 0 Å². The van der Waals surface area contributed by atoms with E-state index >= 15 is 0 Å². The van der Waals surface area contributed by atoms with Crippen LogP contribution in [0.3, 0.4) is 0 Å². The number of para-hydroxylation sites is 2. The smallest absolute Gasteiger partial charge is 0.300 e. The third-order valence-corrected chi connectivity index (χ3v) is 6.63. The monoisotopic (exact) mass is 611 g/mol. The summed E-state index contributed by atoms with van der Waals surface area (Å²) in [6.45, 7) is 17.9. The summed E-state index contributed by atoms with van der Waals surface area (Å²) >= 11 is 13.1. The Morgan fingerprint density at radius 2 is 0.951 bits per heavy atom. The molecule has 0 radical (unpaired) electrons. The largest absolute Gasteiger partial charge is 0.481 e. The van der Waals surface area contributed by atoms with Crippen LogP contribution in [0.15, 0.2) is 36.4 Å². The van der Waals surface area contributed by atoms with Gasteiger partial charge in [-0.3, -0.25) is 9.59 Å². The fraction of sp³-hybridized carbons (Fsp3) is 0.562. The molecule has 0 unspecified atom stereocenters. The number of carboxylic acid groups (broad SMARTS) is 2. The van der Waals surface area contributed by atoms with E-state index in [1.54, 1.807) is 0 Å². The van der Waals surface area contributed by atoms with Crippen LogP contribution in [0.4, 0.5) is 11.4 Å². The lowest BCUT2D eigenvalue weighted by atomic mass is 10.0. The first-order valence-electron chi connectivity index (χ1n) is 14.7. The minimum Gasteiger partial charge on any atom is -0.481 e. The molecule has 0 saturated carbocycles. The van der Waals surface area contributed by atoms with Crippen molar-refractivity contribution in [3.05, 3.63) is 57.6 Å². The van der Waals surface area contributed by atoms with Gasteiger partial charge in [-0.05, 0) is 88.0 Å². The number of aliphatic carboxylic acids is 2. The highest BCUT2D eigenvalue weighted by molar-refractivity contribution is 6.39. The second-order valence-corrected chi connectivity index (χ2v) is 10.7. The fourth-order valence-corrected chi connectivity index (χ4v) is 4.96. The third kappa shape index (κ3) is 18.0. The molecule has 2 aromatic carbocycles. The van der Waals surface area contributed by atoms with Crippen molar-refractivity contribution in [2.45, 2.75) is 80.1 Å². The van der Waals surface area contributed by atoms with Crippen LogP contribution in [-0.4, -0.2) is 71.2 Å². The van der Waals surface area contributed by atoms with Gasteiger partial charge in [0.15, 0.2) is 0 Å². The second kappa shape index (κ2) is 23.3. The van der Waals surface area contributed by atoms with E-state index in [0.717, 1.165) is 71.6 Å². The maximum atomic E-state index is 9.00. The molecule has 7 nitrogen and oxygen atoms in total. The molecule has 41 heavy (non-hydrogen) atoms. The van der Waals surface area contributed by atoms with Crippen LogP contribution in [0.1, 0.15) is 78.4 Å². The number of hydrogen-bond acceptors (Lipinski definition) is 5. The molecule has 9 heteroatoms. The van der Waals surface area contributed by atoms with Crippen molar-refractivity contribution in [3.63, 3.8) is 0 Å². The highest BCUT2D eigenvalue weighted by Crippen LogP contribution is 2.35. The number of carbonyl (C=O) groups is 2. The van der Waals surface area contributed by atoms with Gasteiger partial charge in [0.25, 0.3) is 11.9 Å². The predicted molar refractivity (Wildman–Crippen MR) is 174 cm³/mol. The Labute approximate surface area is 257 Å². The zero-order valence-corrected chi connectivity index (χ0v) is 27.3. The first kappa shape index (κ1) is 38.7. The maximum Gasteiger partial charge on any atom is 0.300 e. The third-order valence-electron chi connectivity index (χ3n) is 6.00. The molecule has 0 amide bonds. The highest BCUT2D eigenvalue weighted by Gasteiger charge is 2.15. The lowest BCUT2D eigenvalue weighted by Crippen LogP contribution is -2.28. The first-order valence-corrected chi connectivity index (χ1v) is 15.4. The number of benzene rings is 2. The minimum absolute atomic E-state index is 0.653. The number of rotatable bonds is 16. The molecule has 0 aliphatic heterocycles. The van der Waals surface area contributed by atoms with Gasteiger partial charge in [-0.25, -0.2) is 0 Å². The predicted octanol–water partition coefficient (Wildman–Crippen LogP) is 8.25. The summed E-state index contributed by atoms with van der Waals surface area (Å²) in [5.41, 5.74) is 4.64. The van der Waals surface area contributed by atoms with Gasteiger partial charge in [0.2, 0.25) is 0 Å². The Kier molecular flexibility index (Phi) is 21.9. The maximum absolute atomic E-state index is 9.00. The van der Waals surface area contributed by atoms with Gasteiger partial charge in [0.05, 0.1) is 15.7 Å². The molecule has 0 fully saturated rings. The highest BCUT2D eigenvalue weighted by atomic mass is 35.5. The molecule has 0 spiro atoms. The summed E-state index contributed by atoms with van der Waals surface area (Å²) in [6.07, 6.45) is 6.75. The number of nitrogens with zero attached hydrogens (tertiary/aromatic N) is 2. The summed E-state index contributed by atoms with van der Waals surface area (Å²) in [5.74, 6) is -1.67. The van der Waals surface area contributed by atoms with Gasteiger partial charge in [0.1, 0.15) is 0 Å². The van der Waals surface area contributed by atoms with Crippen molar-refractivity contribution in [2.75, 3.05) is 44.6 Å². The standard InChI is InChI=1S/C28H43Cl2N3.2C2H4O2/c1-5-17-32(18-6-2)21-15-23-11-9-12-24(16-22-33(19-7-3)20-8-4)27(23)31-28-25(29)13-10-14-26(28)30;2*1-2(3)4/h9-14,31H,5-8,15-22H2,1-4H3;2*1H3,(H,3,4). The fourth-order valence-electron chi connectivity index (χ4n) is 4.47. The van der Waals surface area contributed by atoms with E-state index in [1.165, 1.54) is 42.5 Å². The van der Waals surface area contributed by atoms with Crippen LogP contribution < -0.4 is 5.32 Å². The van der Waals surface area contributed by atoms with Crippen molar-refractivity contribution in [1.82, 2.24) is 9.80 Å². The van der Waals surface area contributed by atoms with Crippen molar-refractivity contribution in [2.24, 2.45) is 0 Å². The van der Waals surface area contributed by atoms with E-state index < -0.39 is 11.9 Å². The zero-order chi connectivity index (χ0) is 31.2. The summed E-state index contributed by atoms with van der Waals surface area (Å²) < 4.78 is 0. The van der Waals surface area contributed by atoms with Crippen LogP contribution in [-0.2, 0) is 22.4 Å². The Balaban J connectivity index is 0.00000176. The molecule has 0 saturated heterocycles. The normalized spacial score (nSPS) is 10.5. The van der Waals surface area contributed by atoms with E-state index in [9.17, 15) is 0 Å². The summed E-state index contributed by atoms with van der Waals surface area (Å²) in [5, 5.41) is 19.8. The molecule has 0 aliphatic carbocycles. The van der Waals surface area contributed by atoms with Crippen molar-refractivity contribution >= 4 is 46.5 Å². The van der Waals surface area contributed by atoms with Crippen LogP contribution in [0.5, 0.6) is 0 Å². The molecule has 232 valence electrons. The molecule has 2 rings (SSSR count). The van der Waals surface area contributed by atoms with Gasteiger partial charge in [-0.15, -0.1) is 0 Å². The van der Waals surface area contributed by atoms with E-state index in [4.69, 9.17) is 43.0 Å². The molecule has 0 atom stereocenters. The van der Waals surface area contributed by atoms with E-state index in [2.05, 4.69) is 61.0 Å². The molecule has 0 bridgehead atoms. The van der Waals surface area contributed by atoms with Gasteiger partial charge in [0, 0.05) is 32.6 Å². The van der Waals surface area contributed by atoms with Crippen LogP contribution in [0.25, 0.3) is 0 Å². The van der Waals surface area contributed by atoms with Gasteiger partial charge in [-0.2, -0.15) is 0 Å². The molecular weight excluding hydrogens is 561 g/mol. The molecule has 0 aromatic heterocycles. The average Bonchev–Trinajstić information content (AvgIpc) is 2.88. The Hall–Kier alpha value is -2.32. The molecule has 0 heterocycles. The average molecular weight is 613 g/mol. The Morgan fingerprint density at radius 3 is 1.27 bits per heavy atom. The van der Waals surface area contributed by atoms with Gasteiger partial charge >= 0.3 is 0 Å². The molecular formula is C32H51Cl2N3O4. The van der Waals surface area contributed by atoms with E-state index in [0.29, 0.717) is 10.0 Å². The quantitative estimate of drug-likeness (QED) is 0.176. The molecule has 0 aliphatic rings. The first-order chi connectivity index (χ1) is 19.5. The molecule has 3 N–H and O–H groups in total. The van der Waals surface area contributed by atoms with Crippen molar-refractivity contribution < 1.29 is 19.8 Å². The number of anilines is 2. The topological polar surface area (TPSA) is 93.1 Å². The summed E-state index contributed by atoms with van der Waals surface area (Å²) in [7, 11) is 0. The Bertz CT molecular complexity index is 930. The Morgan fingerprint density at radius 1 is 0.634 bits per heavy atom. The summed E-state index contributed by atoms with van der Waals surface area (Å²) in [6, 6.07) is 12.4. The number of carboxylic acids is 2. The molecule has 2 aromatic rings. The van der Waals surface area contributed by atoms with E-state index in [-0.39, 0.29) is 0 Å². The number of nitrogens with one attached hydrogen (secondary N) is 1. The van der Waals surface area contributed by atoms with Crippen molar-refractivity contribution in [3.8, 4) is 0 Å². The number of hydrogen-bond donors (Lipinski definition) is 3. The van der Waals surface area contributed by atoms with E-state index in [1.807, 2.05) is 18.2 Å². The summed E-state index contributed by atoms with van der Waals surface area (Å²) in [4.78, 5) is 23.1. The lowest BCUT2D eigenvalue weighted by molar-refractivity contribution is -0.135. The zero-order valence-electron chi connectivity index (χ0n) is 25.8. The van der Waals surface area contributed by atoms with Crippen LogP contribution in [0, 0.1) is 0 Å². The van der Waals surface area contributed by atoms with Gasteiger partial charge < -0.3 is 25.3 Å². The minimum atomic E-state index is -0.833. The SMILES string of the molecule is CC(=O)O.CC(=O)O.CCCN(CCC)CCc1cccc(CCN(CCC)CCC)c1Nc1c(Cl)cccc1Cl. The second-order valence-electron chi connectivity index (χ2n) is 9.89. The van der Waals surface area contributed by atoms with Crippen LogP contribution >= 0.6 is 23.2 Å². The lowest BCUT2D eigenvalue weighted by Gasteiger charge is -2.25. The van der Waals surface area contributed by atoms with Gasteiger partial charge in [-0.1, -0.05) is 75.2 Å².